The Labute approximate surface area is 239 Å². The van der Waals surface area contributed by atoms with Crippen molar-refractivity contribution >= 4 is 33.7 Å². The molecule has 0 spiro atoms. The summed E-state index contributed by atoms with van der Waals surface area (Å²) in [5.41, 5.74) is 2.80. The van der Waals surface area contributed by atoms with Gasteiger partial charge < -0.3 is 24.4 Å². The van der Waals surface area contributed by atoms with E-state index in [1.54, 1.807) is 0 Å². The number of ether oxygens (including phenoxy) is 1. The Morgan fingerprint density at radius 3 is 2.55 bits per heavy atom. The van der Waals surface area contributed by atoms with Crippen LogP contribution in [-0.4, -0.2) is 89.7 Å². The first kappa shape index (κ1) is 27.4. The number of aromatic nitrogens is 1. The number of fused-ring (bicyclic) bond motifs is 1. The molecule has 0 bridgehead atoms. The van der Waals surface area contributed by atoms with Crippen LogP contribution in [0, 0.1) is 5.92 Å². The molecule has 9 nitrogen and oxygen atoms in total. The zero-order chi connectivity index (χ0) is 27.5. The predicted molar refractivity (Wildman–Crippen MR) is 157 cm³/mol. The van der Waals surface area contributed by atoms with E-state index in [4.69, 9.17) is 4.74 Å². The van der Waals surface area contributed by atoms with Crippen molar-refractivity contribution in [2.75, 3.05) is 68.0 Å². The van der Waals surface area contributed by atoms with E-state index >= 15 is 0 Å². The standard InChI is InChI=1S/C30H39N5O4S/c36-28-21-35(18-20-40(28)38)25-7-3-23(4-8-25)30(37)32-24-5-1-22(2-6-24)10-13-33-14-16-34(17-15-33)29-26-11-19-39-27(26)9-12-31-29/h3-4,7-9,12,22,24H,1-2,5-6,10-11,13-21H2,(H,32,37). The molecule has 4 aliphatic rings. The van der Waals surface area contributed by atoms with E-state index in [2.05, 4.69) is 20.1 Å². The Morgan fingerprint density at radius 1 is 1.02 bits per heavy atom. The first-order valence-corrected chi connectivity index (χ1v) is 16.0. The lowest BCUT2D eigenvalue weighted by atomic mass is 9.84. The molecule has 1 aliphatic carbocycles. The van der Waals surface area contributed by atoms with E-state index in [1.807, 2.05) is 41.4 Å². The molecule has 6 rings (SSSR count). The molecule has 214 valence electrons. The maximum atomic E-state index is 12.9. The Balaban J connectivity index is 0.899. The van der Waals surface area contributed by atoms with Gasteiger partial charge in [-0.25, -0.2) is 9.78 Å². The van der Waals surface area contributed by atoms with E-state index in [1.165, 1.54) is 12.0 Å². The third kappa shape index (κ3) is 6.24. The van der Waals surface area contributed by atoms with Gasteiger partial charge in [-0.05, 0) is 74.9 Å². The van der Waals surface area contributed by atoms with Gasteiger partial charge >= 0.3 is 5.12 Å². The van der Waals surface area contributed by atoms with Gasteiger partial charge in [0, 0.05) is 72.8 Å². The smallest absolute Gasteiger partial charge is 0.348 e. The minimum absolute atomic E-state index is 0.0335. The van der Waals surface area contributed by atoms with Crippen molar-refractivity contribution in [3.05, 3.63) is 47.7 Å². The molecule has 40 heavy (non-hydrogen) atoms. The normalized spacial score (nSPS) is 25.4. The van der Waals surface area contributed by atoms with Gasteiger partial charge in [-0.1, -0.05) is 0 Å². The van der Waals surface area contributed by atoms with Crippen LogP contribution in [0.25, 0.3) is 0 Å². The summed E-state index contributed by atoms with van der Waals surface area (Å²) in [6.45, 7) is 6.84. The van der Waals surface area contributed by atoms with Crippen molar-refractivity contribution in [1.29, 1.82) is 0 Å². The Hall–Kier alpha value is -2.82. The van der Waals surface area contributed by atoms with E-state index < -0.39 is 11.2 Å². The van der Waals surface area contributed by atoms with Crippen LogP contribution >= 0.6 is 0 Å². The van der Waals surface area contributed by atoms with Crippen molar-refractivity contribution in [2.45, 2.75) is 44.6 Å². The molecule has 1 aromatic heterocycles. The highest BCUT2D eigenvalue weighted by Gasteiger charge is 2.30. The average Bonchev–Trinajstić information content (AvgIpc) is 3.48. The Kier molecular flexibility index (Phi) is 8.46. The lowest BCUT2D eigenvalue weighted by Crippen LogP contribution is -2.47. The molecule has 1 aromatic carbocycles. The molecule has 0 radical (unpaired) electrons. The Bertz CT molecular complexity index is 1200. The summed E-state index contributed by atoms with van der Waals surface area (Å²) in [4.78, 5) is 36.3. The van der Waals surface area contributed by atoms with Gasteiger partial charge in [-0.15, -0.1) is 0 Å². The first-order valence-electron chi connectivity index (χ1n) is 14.7. The third-order valence-electron chi connectivity index (χ3n) is 8.92. The van der Waals surface area contributed by atoms with Crippen molar-refractivity contribution in [2.24, 2.45) is 5.92 Å². The van der Waals surface area contributed by atoms with Crippen LogP contribution in [0.2, 0.25) is 0 Å². The van der Waals surface area contributed by atoms with Gasteiger partial charge in [0.1, 0.15) is 23.9 Å². The predicted octanol–water partition coefficient (Wildman–Crippen LogP) is 2.61. The van der Waals surface area contributed by atoms with E-state index in [0.29, 0.717) is 17.9 Å². The van der Waals surface area contributed by atoms with Crippen LogP contribution in [0.5, 0.6) is 5.75 Å². The maximum absolute atomic E-state index is 12.9. The van der Waals surface area contributed by atoms with Crippen molar-refractivity contribution in [3.8, 4) is 5.75 Å². The first-order chi connectivity index (χ1) is 19.5. The molecule has 3 fully saturated rings. The number of nitrogens with zero attached hydrogens (tertiary/aromatic N) is 4. The number of anilines is 2. The number of nitrogens with one attached hydrogen (secondary N) is 1. The number of pyridine rings is 1. The summed E-state index contributed by atoms with van der Waals surface area (Å²) in [7, 11) is 0. The zero-order valence-electron chi connectivity index (χ0n) is 23.1. The number of carbonyl (C=O) groups is 2. The minimum Gasteiger partial charge on any atom is -0.609 e. The van der Waals surface area contributed by atoms with Crippen molar-refractivity contribution in [1.82, 2.24) is 15.2 Å². The van der Waals surface area contributed by atoms with Crippen LogP contribution in [0.15, 0.2) is 36.5 Å². The second kappa shape index (κ2) is 12.4. The summed E-state index contributed by atoms with van der Waals surface area (Å²) in [6, 6.07) is 9.61. The quantitative estimate of drug-likeness (QED) is 0.512. The molecule has 1 atom stereocenters. The monoisotopic (exact) mass is 565 g/mol. The second-order valence-corrected chi connectivity index (χ2v) is 13.0. The zero-order valence-corrected chi connectivity index (χ0v) is 23.9. The molecule has 1 N–H and O–H groups in total. The number of rotatable bonds is 7. The molecule has 2 saturated heterocycles. The van der Waals surface area contributed by atoms with Crippen LogP contribution in [0.1, 0.15) is 48.0 Å². The van der Waals surface area contributed by atoms with E-state index in [9.17, 15) is 14.1 Å². The number of amides is 1. The van der Waals surface area contributed by atoms with E-state index in [-0.39, 0.29) is 23.6 Å². The molecule has 4 heterocycles. The van der Waals surface area contributed by atoms with Crippen LogP contribution in [0.4, 0.5) is 11.5 Å². The highest BCUT2D eigenvalue weighted by Crippen LogP contribution is 2.33. The highest BCUT2D eigenvalue weighted by molar-refractivity contribution is 8.06. The van der Waals surface area contributed by atoms with E-state index in [0.717, 1.165) is 94.6 Å². The van der Waals surface area contributed by atoms with Crippen molar-refractivity contribution < 1.29 is 18.9 Å². The molecule has 1 unspecified atom stereocenters. The fraction of sp³-hybridized carbons (Fsp3) is 0.567. The molecule has 2 aromatic rings. The van der Waals surface area contributed by atoms with Gasteiger partial charge in [0.05, 0.1) is 13.2 Å². The van der Waals surface area contributed by atoms with Crippen LogP contribution in [-0.2, 0) is 22.4 Å². The molecular formula is C30H39N5O4S. The number of benzene rings is 1. The largest absolute Gasteiger partial charge is 0.609 e. The summed E-state index contributed by atoms with van der Waals surface area (Å²) < 4.78 is 17.3. The molecule has 3 aliphatic heterocycles. The Morgan fingerprint density at radius 2 is 1.80 bits per heavy atom. The molecule has 10 heteroatoms. The number of hydrogen-bond acceptors (Lipinski definition) is 8. The molecule has 1 amide bonds. The number of piperazine rings is 1. The van der Waals surface area contributed by atoms with Crippen LogP contribution in [0.3, 0.4) is 0 Å². The fourth-order valence-corrected chi connectivity index (χ4v) is 7.35. The van der Waals surface area contributed by atoms with Gasteiger partial charge in [0.25, 0.3) is 5.91 Å². The summed E-state index contributed by atoms with van der Waals surface area (Å²) >= 11 is -1.36. The maximum Gasteiger partial charge on any atom is 0.348 e. The van der Waals surface area contributed by atoms with Gasteiger partial charge in [0.15, 0.2) is 0 Å². The highest BCUT2D eigenvalue weighted by atomic mass is 32.2. The fourth-order valence-electron chi connectivity index (χ4n) is 6.44. The average molecular weight is 566 g/mol. The SMILES string of the molecule is O=C(NC1CCC(CCN2CCN(c3nccc4c3CCO4)CC2)CC1)c1ccc(N2CC[S+]([O-])C(=O)C2)cc1. The van der Waals surface area contributed by atoms with Gasteiger partial charge in [0.2, 0.25) is 0 Å². The van der Waals surface area contributed by atoms with Crippen LogP contribution < -0.4 is 19.9 Å². The summed E-state index contributed by atoms with van der Waals surface area (Å²) in [5, 5.41) is 3.00. The minimum atomic E-state index is -1.36. The number of hydrogen-bond donors (Lipinski definition) is 1. The molecular weight excluding hydrogens is 526 g/mol. The molecule has 1 saturated carbocycles. The van der Waals surface area contributed by atoms with Crippen molar-refractivity contribution in [3.63, 3.8) is 0 Å². The van der Waals surface area contributed by atoms with Gasteiger partial charge in [-0.3, -0.25) is 9.69 Å². The topological polar surface area (TPSA) is 101 Å². The lowest BCUT2D eigenvalue weighted by molar-refractivity contribution is -0.110. The third-order valence-corrected chi connectivity index (χ3v) is 10.1. The summed E-state index contributed by atoms with van der Waals surface area (Å²) in [6.07, 6.45) is 8.43. The summed E-state index contributed by atoms with van der Waals surface area (Å²) in [5.74, 6) is 3.17. The lowest BCUT2D eigenvalue weighted by Gasteiger charge is -2.37. The number of carbonyl (C=O) groups excluding carboxylic acids is 2. The van der Waals surface area contributed by atoms with Gasteiger partial charge in [-0.2, -0.15) is 0 Å². The second-order valence-electron chi connectivity index (χ2n) is 11.4.